The van der Waals surface area contributed by atoms with E-state index in [9.17, 15) is 16.8 Å². The van der Waals surface area contributed by atoms with Crippen molar-refractivity contribution in [3.05, 3.63) is 48.5 Å². The van der Waals surface area contributed by atoms with E-state index in [0.29, 0.717) is 55.9 Å². The molecule has 2 aliphatic rings. The summed E-state index contributed by atoms with van der Waals surface area (Å²) in [6.07, 6.45) is 2.84. The molecule has 9 nitrogen and oxygen atoms in total. The zero-order chi connectivity index (χ0) is 24.2. The standard InChI is InChI=1S/C22H28N4O5S3/c27-33(28,25-12-2-1-3-13-25)20-8-4-18(5-9-20)23-22(32)24-19-6-10-21(11-7-19)34(29,30)26-14-16-31-17-15-26/h4-11H,1-3,12-17H2,(H2,23,24,32). The molecule has 2 saturated heterocycles. The van der Waals surface area contributed by atoms with Gasteiger partial charge < -0.3 is 15.4 Å². The number of hydrogen-bond donors (Lipinski definition) is 2. The van der Waals surface area contributed by atoms with E-state index in [2.05, 4.69) is 10.6 Å². The molecule has 0 unspecified atom stereocenters. The van der Waals surface area contributed by atoms with Crippen LogP contribution in [0.3, 0.4) is 0 Å². The minimum absolute atomic E-state index is 0.212. The van der Waals surface area contributed by atoms with Crippen molar-refractivity contribution in [1.29, 1.82) is 0 Å². The van der Waals surface area contributed by atoms with Gasteiger partial charge >= 0.3 is 0 Å². The first-order chi connectivity index (χ1) is 16.3. The highest BCUT2D eigenvalue weighted by Crippen LogP contribution is 2.23. The highest BCUT2D eigenvalue weighted by Gasteiger charge is 2.27. The van der Waals surface area contributed by atoms with E-state index < -0.39 is 20.0 Å². The van der Waals surface area contributed by atoms with Crippen LogP contribution in [0, 0.1) is 0 Å². The number of piperidine rings is 1. The smallest absolute Gasteiger partial charge is 0.243 e. The average molecular weight is 525 g/mol. The maximum Gasteiger partial charge on any atom is 0.243 e. The number of thiocarbonyl (C=S) groups is 1. The number of hydrogen-bond acceptors (Lipinski definition) is 6. The average Bonchev–Trinajstić information content (AvgIpc) is 2.86. The molecule has 0 aliphatic carbocycles. The first-order valence-corrected chi connectivity index (χ1v) is 14.4. The van der Waals surface area contributed by atoms with Crippen molar-refractivity contribution < 1.29 is 21.6 Å². The van der Waals surface area contributed by atoms with Crippen LogP contribution in [0.1, 0.15) is 19.3 Å². The van der Waals surface area contributed by atoms with Gasteiger partial charge in [-0.3, -0.25) is 0 Å². The molecular weight excluding hydrogens is 496 g/mol. The molecule has 0 atom stereocenters. The Balaban J connectivity index is 1.35. The van der Waals surface area contributed by atoms with Crippen molar-refractivity contribution in [2.24, 2.45) is 0 Å². The highest BCUT2D eigenvalue weighted by atomic mass is 32.2. The number of nitrogens with one attached hydrogen (secondary N) is 2. The predicted molar refractivity (Wildman–Crippen MR) is 135 cm³/mol. The molecule has 2 aromatic carbocycles. The third kappa shape index (κ3) is 5.75. The maximum absolute atomic E-state index is 12.8. The Hall–Kier alpha value is -2.09. The lowest BCUT2D eigenvalue weighted by molar-refractivity contribution is 0.0730. The lowest BCUT2D eigenvalue weighted by Crippen LogP contribution is -2.40. The molecule has 0 aromatic heterocycles. The lowest BCUT2D eigenvalue weighted by atomic mass is 10.2. The fourth-order valence-corrected chi connectivity index (χ4v) is 7.07. The molecule has 2 aliphatic heterocycles. The Bertz CT molecular complexity index is 1110. The summed E-state index contributed by atoms with van der Waals surface area (Å²) < 4.78 is 59.2. The van der Waals surface area contributed by atoms with Crippen LogP contribution in [0.2, 0.25) is 0 Å². The SMILES string of the molecule is O=S(=O)(c1ccc(NC(=S)Nc2ccc(S(=O)(=O)N3CCOCC3)cc2)cc1)N1CCCCC1. The number of sulfonamides is 2. The topological polar surface area (TPSA) is 108 Å². The maximum atomic E-state index is 12.8. The zero-order valence-corrected chi connectivity index (χ0v) is 21.1. The largest absolute Gasteiger partial charge is 0.379 e. The van der Waals surface area contributed by atoms with Crippen molar-refractivity contribution in [2.75, 3.05) is 50.0 Å². The molecule has 0 amide bonds. The van der Waals surface area contributed by atoms with E-state index >= 15 is 0 Å². The molecule has 2 N–H and O–H groups in total. The zero-order valence-electron chi connectivity index (χ0n) is 18.6. The number of anilines is 2. The minimum atomic E-state index is -3.56. The van der Waals surface area contributed by atoms with Gasteiger partial charge in [0.2, 0.25) is 20.0 Å². The molecule has 0 radical (unpaired) electrons. The molecule has 4 rings (SSSR count). The Kier molecular flexibility index (Phi) is 7.85. The lowest BCUT2D eigenvalue weighted by Gasteiger charge is -2.26. The van der Waals surface area contributed by atoms with Crippen molar-refractivity contribution in [3.8, 4) is 0 Å². The second-order valence-corrected chi connectivity index (χ2v) is 12.4. The second-order valence-electron chi connectivity index (χ2n) is 8.11. The molecule has 0 bridgehead atoms. The highest BCUT2D eigenvalue weighted by molar-refractivity contribution is 7.89. The third-order valence-corrected chi connectivity index (χ3v) is 9.81. The van der Waals surface area contributed by atoms with Gasteiger partial charge in [-0.1, -0.05) is 6.42 Å². The van der Waals surface area contributed by atoms with Crippen molar-refractivity contribution in [1.82, 2.24) is 8.61 Å². The van der Waals surface area contributed by atoms with Crippen molar-refractivity contribution in [3.63, 3.8) is 0 Å². The Labute approximate surface area is 206 Å². The summed E-state index contributed by atoms with van der Waals surface area (Å²) >= 11 is 5.35. The molecule has 2 heterocycles. The molecule has 12 heteroatoms. The molecule has 0 saturated carbocycles. The van der Waals surface area contributed by atoms with Gasteiger partial charge in [0.15, 0.2) is 5.11 Å². The molecule has 2 fully saturated rings. The van der Waals surface area contributed by atoms with Gasteiger partial charge in [-0.25, -0.2) is 16.8 Å². The first kappa shape index (κ1) is 25.0. The molecule has 2 aromatic rings. The molecule has 0 spiro atoms. The summed E-state index contributed by atoms with van der Waals surface area (Å²) in [5.41, 5.74) is 1.27. The summed E-state index contributed by atoms with van der Waals surface area (Å²) in [5, 5.41) is 6.33. The summed E-state index contributed by atoms with van der Waals surface area (Å²) in [6.45, 7) is 2.59. The number of nitrogens with zero attached hydrogens (tertiary/aromatic N) is 2. The Morgan fingerprint density at radius 3 is 1.53 bits per heavy atom. The summed E-state index contributed by atoms with van der Waals surface area (Å²) in [6, 6.07) is 12.9. The van der Waals surface area contributed by atoms with Gasteiger partial charge in [-0.2, -0.15) is 8.61 Å². The van der Waals surface area contributed by atoms with Crippen molar-refractivity contribution in [2.45, 2.75) is 29.1 Å². The Morgan fingerprint density at radius 1 is 0.676 bits per heavy atom. The summed E-state index contributed by atoms with van der Waals surface area (Å²) in [7, 11) is -7.04. The number of benzene rings is 2. The Morgan fingerprint density at radius 2 is 1.09 bits per heavy atom. The number of morpholine rings is 1. The fourth-order valence-electron chi connectivity index (χ4n) is 3.90. The first-order valence-electron chi connectivity index (χ1n) is 11.1. The predicted octanol–water partition coefficient (Wildman–Crippen LogP) is 2.69. The van der Waals surface area contributed by atoms with E-state index in [1.54, 1.807) is 36.4 Å². The van der Waals surface area contributed by atoms with Crippen LogP contribution in [0.4, 0.5) is 11.4 Å². The van der Waals surface area contributed by atoms with E-state index in [1.807, 2.05) is 0 Å². The van der Waals surface area contributed by atoms with E-state index in [-0.39, 0.29) is 9.79 Å². The van der Waals surface area contributed by atoms with Gasteiger partial charge in [0.25, 0.3) is 0 Å². The van der Waals surface area contributed by atoms with E-state index in [0.717, 1.165) is 19.3 Å². The minimum Gasteiger partial charge on any atom is -0.379 e. The van der Waals surface area contributed by atoms with Crippen LogP contribution < -0.4 is 10.6 Å². The van der Waals surface area contributed by atoms with Crippen LogP contribution in [0.25, 0.3) is 0 Å². The van der Waals surface area contributed by atoms with Crippen LogP contribution in [-0.4, -0.2) is 70.0 Å². The molecule has 34 heavy (non-hydrogen) atoms. The third-order valence-electron chi connectivity index (χ3n) is 5.79. The van der Waals surface area contributed by atoms with Gasteiger partial charge in [0.05, 0.1) is 23.0 Å². The van der Waals surface area contributed by atoms with E-state index in [1.165, 1.54) is 20.7 Å². The monoisotopic (exact) mass is 524 g/mol. The van der Waals surface area contributed by atoms with Crippen LogP contribution in [0.15, 0.2) is 58.3 Å². The van der Waals surface area contributed by atoms with Gasteiger partial charge in [0, 0.05) is 37.6 Å². The normalized spacial score (nSPS) is 18.4. The quantitative estimate of drug-likeness (QED) is 0.556. The summed E-state index contributed by atoms with van der Waals surface area (Å²) in [5.74, 6) is 0. The molecular formula is C22H28N4O5S3. The van der Waals surface area contributed by atoms with Crippen LogP contribution >= 0.6 is 12.2 Å². The molecule has 184 valence electrons. The van der Waals surface area contributed by atoms with Crippen molar-refractivity contribution >= 4 is 48.8 Å². The fraction of sp³-hybridized carbons (Fsp3) is 0.409. The van der Waals surface area contributed by atoms with Crippen LogP contribution in [-0.2, 0) is 24.8 Å². The van der Waals surface area contributed by atoms with Gasteiger partial charge in [0.1, 0.15) is 0 Å². The second kappa shape index (κ2) is 10.7. The van der Waals surface area contributed by atoms with Gasteiger partial charge in [-0.15, -0.1) is 0 Å². The number of ether oxygens (including phenoxy) is 1. The van der Waals surface area contributed by atoms with E-state index in [4.69, 9.17) is 17.0 Å². The number of rotatable bonds is 6. The van der Waals surface area contributed by atoms with Crippen LogP contribution in [0.5, 0.6) is 0 Å². The van der Waals surface area contributed by atoms with Gasteiger partial charge in [-0.05, 0) is 73.6 Å². The summed E-state index contributed by atoms with van der Waals surface area (Å²) in [4.78, 5) is 0.472.